The van der Waals surface area contributed by atoms with Crippen LogP contribution < -0.4 is 9.47 Å². The second-order valence-corrected chi connectivity index (χ2v) is 6.29. The van der Waals surface area contributed by atoms with Gasteiger partial charge in [-0.2, -0.15) is 5.26 Å². The Morgan fingerprint density at radius 3 is 2.61 bits per heavy atom. The summed E-state index contributed by atoms with van der Waals surface area (Å²) in [6.45, 7) is 3.63. The van der Waals surface area contributed by atoms with Gasteiger partial charge in [0.25, 0.3) is 5.91 Å². The summed E-state index contributed by atoms with van der Waals surface area (Å²) >= 11 is 5.94. The van der Waals surface area contributed by atoms with Crippen molar-refractivity contribution in [2.45, 2.75) is 20.0 Å². The van der Waals surface area contributed by atoms with Crippen molar-refractivity contribution in [2.24, 2.45) is 0 Å². The summed E-state index contributed by atoms with van der Waals surface area (Å²) in [4.78, 5) is 21.8. The average molecular weight is 397 g/mol. The van der Waals surface area contributed by atoms with Gasteiger partial charge in [-0.15, -0.1) is 0 Å². The third-order valence-electron chi connectivity index (χ3n) is 3.89. The molecule has 3 aromatic rings. The van der Waals surface area contributed by atoms with E-state index in [0.29, 0.717) is 40.0 Å². The minimum Gasteiger partial charge on any atom is -0.481 e. The number of rotatable bonds is 6. The molecule has 7 nitrogen and oxygen atoms in total. The van der Waals surface area contributed by atoms with E-state index >= 15 is 0 Å². The predicted octanol–water partition coefficient (Wildman–Crippen LogP) is 4.17. The van der Waals surface area contributed by atoms with Gasteiger partial charge in [0.1, 0.15) is 11.5 Å². The van der Waals surface area contributed by atoms with Crippen LogP contribution in [0.4, 0.5) is 0 Å². The largest absolute Gasteiger partial charge is 0.481 e. The Morgan fingerprint density at radius 2 is 1.93 bits per heavy atom. The Balaban J connectivity index is 1.67. The van der Waals surface area contributed by atoms with Crippen LogP contribution in [0.25, 0.3) is 11.0 Å². The van der Waals surface area contributed by atoms with Crippen LogP contribution in [-0.4, -0.2) is 33.4 Å². The van der Waals surface area contributed by atoms with Gasteiger partial charge in [-0.05, 0) is 56.3 Å². The maximum atomic E-state index is 12.1. The molecule has 0 aliphatic heterocycles. The highest BCUT2D eigenvalue weighted by Gasteiger charge is 2.20. The zero-order chi connectivity index (χ0) is 20.1. The Bertz CT molecular complexity index is 1030. The maximum absolute atomic E-state index is 12.1. The molecule has 0 fully saturated rings. The van der Waals surface area contributed by atoms with Crippen LogP contribution in [0, 0.1) is 11.5 Å². The number of nitrogens with zero attached hydrogens (tertiary/aromatic N) is 4. The van der Waals surface area contributed by atoms with Gasteiger partial charge in [0.15, 0.2) is 12.3 Å². The number of amides is 1. The summed E-state index contributed by atoms with van der Waals surface area (Å²) in [6, 6.07) is 12.0. The molecule has 1 amide bonds. The topological polar surface area (TPSA) is 88.3 Å². The molecule has 0 spiro atoms. The average Bonchev–Trinajstić information content (AvgIpc) is 2.70. The van der Waals surface area contributed by atoms with Crippen molar-refractivity contribution in [1.82, 2.24) is 14.9 Å². The molecule has 0 aliphatic carbocycles. The fraction of sp³-hybridized carbons (Fsp3) is 0.200. The smallest absolute Gasteiger partial charge is 0.276 e. The number of hydrogen-bond acceptors (Lipinski definition) is 6. The van der Waals surface area contributed by atoms with Crippen LogP contribution in [0.15, 0.2) is 48.7 Å². The van der Waals surface area contributed by atoms with E-state index in [-0.39, 0.29) is 0 Å². The molecule has 0 saturated heterocycles. The van der Waals surface area contributed by atoms with Gasteiger partial charge >= 0.3 is 0 Å². The van der Waals surface area contributed by atoms with Gasteiger partial charge in [-0.25, -0.2) is 14.9 Å². The lowest BCUT2D eigenvalue weighted by Crippen LogP contribution is -2.37. The number of ether oxygens (including phenoxy) is 2. The molecular formula is C20H17ClN4O3. The van der Waals surface area contributed by atoms with Crippen LogP contribution in [0.5, 0.6) is 17.4 Å². The van der Waals surface area contributed by atoms with Crippen LogP contribution in [0.3, 0.4) is 0 Å². The SMILES string of the molecule is CCN(C#N)C(=O)C(C)Oc1ccc(Oc2cnc3cc(Cl)ccc3n2)cc1. The summed E-state index contributed by atoms with van der Waals surface area (Å²) in [7, 11) is 0. The van der Waals surface area contributed by atoms with Crippen LogP contribution >= 0.6 is 11.6 Å². The van der Waals surface area contributed by atoms with E-state index < -0.39 is 12.0 Å². The first-order valence-corrected chi connectivity index (χ1v) is 8.96. The van der Waals surface area contributed by atoms with Crippen molar-refractivity contribution in [1.29, 1.82) is 5.26 Å². The second-order valence-electron chi connectivity index (χ2n) is 5.86. The van der Waals surface area contributed by atoms with Crippen molar-refractivity contribution in [3.8, 4) is 23.6 Å². The lowest BCUT2D eigenvalue weighted by atomic mass is 10.3. The van der Waals surface area contributed by atoms with E-state index in [0.717, 1.165) is 4.90 Å². The van der Waals surface area contributed by atoms with E-state index in [1.807, 2.05) is 6.19 Å². The maximum Gasteiger partial charge on any atom is 0.276 e. The van der Waals surface area contributed by atoms with Gasteiger partial charge in [0.2, 0.25) is 5.88 Å². The third kappa shape index (κ3) is 4.48. The molecule has 142 valence electrons. The molecular weight excluding hydrogens is 380 g/mol. The van der Waals surface area contributed by atoms with Crippen molar-refractivity contribution in [3.63, 3.8) is 0 Å². The number of aromatic nitrogens is 2. The van der Waals surface area contributed by atoms with Crippen LogP contribution in [0.1, 0.15) is 13.8 Å². The minimum absolute atomic E-state index is 0.300. The fourth-order valence-electron chi connectivity index (χ4n) is 2.47. The lowest BCUT2D eigenvalue weighted by Gasteiger charge is -2.18. The highest BCUT2D eigenvalue weighted by molar-refractivity contribution is 6.31. The standard InChI is InChI=1S/C20H17ClN4O3/c1-3-25(12-22)20(26)13(2)27-15-5-7-16(8-6-15)28-19-11-23-18-10-14(21)4-9-17(18)24-19/h4-11,13H,3H2,1-2H3. The number of nitriles is 1. The van der Waals surface area contributed by atoms with Gasteiger partial charge < -0.3 is 9.47 Å². The first kappa shape index (κ1) is 19.4. The predicted molar refractivity (Wildman–Crippen MR) is 104 cm³/mol. The highest BCUT2D eigenvalue weighted by Crippen LogP contribution is 2.25. The van der Waals surface area contributed by atoms with Gasteiger partial charge in [-0.1, -0.05) is 11.6 Å². The summed E-state index contributed by atoms with van der Waals surface area (Å²) in [5.74, 6) is 0.985. The number of halogens is 1. The normalized spacial score (nSPS) is 11.5. The molecule has 1 heterocycles. The van der Waals surface area contributed by atoms with Crippen LogP contribution in [0.2, 0.25) is 5.02 Å². The van der Waals surface area contributed by atoms with Crippen molar-refractivity contribution in [3.05, 3.63) is 53.7 Å². The molecule has 0 aliphatic rings. The first-order chi connectivity index (χ1) is 13.5. The summed E-state index contributed by atoms with van der Waals surface area (Å²) in [5.41, 5.74) is 1.35. The van der Waals surface area contributed by atoms with Crippen molar-refractivity contribution in [2.75, 3.05) is 6.54 Å². The molecule has 2 aromatic carbocycles. The first-order valence-electron chi connectivity index (χ1n) is 8.58. The van der Waals surface area contributed by atoms with E-state index in [9.17, 15) is 4.79 Å². The second kappa shape index (κ2) is 8.55. The van der Waals surface area contributed by atoms with Crippen molar-refractivity contribution >= 4 is 28.5 Å². The molecule has 1 unspecified atom stereocenters. The molecule has 0 N–H and O–H groups in total. The van der Waals surface area contributed by atoms with Gasteiger partial charge in [-0.3, -0.25) is 4.79 Å². The number of carbonyl (C=O) groups excluding carboxylic acids is 1. The zero-order valence-electron chi connectivity index (χ0n) is 15.3. The summed E-state index contributed by atoms with van der Waals surface area (Å²) in [5, 5.41) is 9.53. The molecule has 0 radical (unpaired) electrons. The van der Waals surface area contributed by atoms with Crippen LogP contribution in [-0.2, 0) is 4.79 Å². The third-order valence-corrected chi connectivity index (χ3v) is 4.13. The number of benzene rings is 2. The number of carbonyl (C=O) groups is 1. The Hall–Kier alpha value is -3.37. The Morgan fingerprint density at radius 1 is 1.21 bits per heavy atom. The highest BCUT2D eigenvalue weighted by atomic mass is 35.5. The van der Waals surface area contributed by atoms with E-state index in [1.165, 1.54) is 6.20 Å². The molecule has 1 aromatic heterocycles. The Kier molecular flexibility index (Phi) is 5.92. The number of likely N-dealkylation sites (N-methyl/N-ethyl adjacent to an activating group) is 1. The zero-order valence-corrected chi connectivity index (χ0v) is 16.1. The molecule has 28 heavy (non-hydrogen) atoms. The monoisotopic (exact) mass is 396 g/mol. The lowest BCUT2D eigenvalue weighted by molar-refractivity contribution is -0.134. The number of fused-ring (bicyclic) bond motifs is 1. The van der Waals surface area contributed by atoms with Gasteiger partial charge in [0.05, 0.1) is 17.2 Å². The quantitative estimate of drug-likeness (QED) is 0.459. The molecule has 3 rings (SSSR count). The van der Waals surface area contributed by atoms with E-state index in [1.54, 1.807) is 56.3 Å². The van der Waals surface area contributed by atoms with Gasteiger partial charge in [0, 0.05) is 11.6 Å². The molecule has 0 saturated carbocycles. The molecule has 0 bridgehead atoms. The van der Waals surface area contributed by atoms with E-state index in [4.69, 9.17) is 26.3 Å². The number of hydrogen-bond donors (Lipinski definition) is 0. The Labute approximate surface area is 167 Å². The summed E-state index contributed by atoms with van der Waals surface area (Å²) in [6.07, 6.45) is 2.58. The fourth-order valence-corrected chi connectivity index (χ4v) is 2.64. The molecule has 8 heteroatoms. The van der Waals surface area contributed by atoms with Crippen molar-refractivity contribution < 1.29 is 14.3 Å². The van der Waals surface area contributed by atoms with E-state index in [2.05, 4.69) is 9.97 Å². The summed E-state index contributed by atoms with van der Waals surface area (Å²) < 4.78 is 11.3. The molecule has 1 atom stereocenters. The minimum atomic E-state index is -0.774.